The minimum Gasteiger partial charge on any atom is -0.459 e. The van der Waals surface area contributed by atoms with Crippen LogP contribution in [0.1, 0.15) is 4.88 Å². The van der Waals surface area contributed by atoms with E-state index >= 15 is 0 Å². The van der Waals surface area contributed by atoms with E-state index in [0.29, 0.717) is 13.2 Å². The first-order chi connectivity index (χ1) is 7.84. The van der Waals surface area contributed by atoms with E-state index in [1.54, 1.807) is 11.3 Å². The van der Waals surface area contributed by atoms with Crippen molar-refractivity contribution in [3.63, 3.8) is 0 Å². The predicted molar refractivity (Wildman–Crippen MR) is 63.4 cm³/mol. The summed E-state index contributed by atoms with van der Waals surface area (Å²) in [6.45, 7) is 4.58. The summed E-state index contributed by atoms with van der Waals surface area (Å²) in [4.78, 5) is 14.7. The molecule has 1 saturated heterocycles. The number of thiophene rings is 1. The van der Waals surface area contributed by atoms with E-state index in [0.717, 1.165) is 31.1 Å². The molecule has 88 valence electrons. The Kier molecular flexibility index (Phi) is 4.33. The molecule has 0 amide bonds. The van der Waals surface area contributed by atoms with E-state index in [1.807, 2.05) is 17.5 Å². The first-order valence-corrected chi connectivity index (χ1v) is 6.33. The lowest BCUT2D eigenvalue weighted by atomic mass is 10.3. The van der Waals surface area contributed by atoms with Crippen molar-refractivity contribution in [1.29, 1.82) is 0 Å². The molecule has 2 rings (SSSR count). The van der Waals surface area contributed by atoms with E-state index in [-0.39, 0.29) is 5.97 Å². The second-order valence-electron chi connectivity index (χ2n) is 3.77. The Morgan fingerprint density at radius 1 is 1.50 bits per heavy atom. The van der Waals surface area contributed by atoms with Crippen LogP contribution in [-0.2, 0) is 16.1 Å². The maximum absolute atomic E-state index is 11.5. The van der Waals surface area contributed by atoms with Gasteiger partial charge in [0.25, 0.3) is 0 Å². The van der Waals surface area contributed by atoms with Gasteiger partial charge in [0.05, 0.1) is 6.54 Å². The summed E-state index contributed by atoms with van der Waals surface area (Å²) < 4.78 is 5.20. The number of hydrogen-bond donors (Lipinski definition) is 1. The number of esters is 1. The number of nitrogens with one attached hydrogen (secondary N) is 1. The second-order valence-corrected chi connectivity index (χ2v) is 4.80. The lowest BCUT2D eigenvalue weighted by Crippen LogP contribution is -2.45. The lowest BCUT2D eigenvalue weighted by Gasteiger charge is -2.25. The van der Waals surface area contributed by atoms with E-state index in [9.17, 15) is 4.79 Å². The number of piperazine rings is 1. The zero-order valence-corrected chi connectivity index (χ0v) is 9.96. The number of carbonyl (C=O) groups excluding carboxylic acids is 1. The van der Waals surface area contributed by atoms with Crippen LogP contribution in [0.25, 0.3) is 0 Å². The van der Waals surface area contributed by atoms with Crippen molar-refractivity contribution in [3.8, 4) is 0 Å². The highest BCUT2D eigenvalue weighted by molar-refractivity contribution is 7.09. The fourth-order valence-electron chi connectivity index (χ4n) is 1.64. The lowest BCUT2D eigenvalue weighted by molar-refractivity contribution is -0.146. The number of rotatable bonds is 4. The van der Waals surface area contributed by atoms with Gasteiger partial charge in [0.1, 0.15) is 6.61 Å². The Morgan fingerprint density at radius 2 is 2.31 bits per heavy atom. The Balaban J connectivity index is 1.67. The molecular weight excluding hydrogens is 224 g/mol. The molecule has 16 heavy (non-hydrogen) atoms. The standard InChI is InChI=1S/C11H16N2O2S/c14-11(8-13-5-3-12-4-6-13)15-9-10-2-1-7-16-10/h1-2,7,12H,3-6,8-9H2. The second kappa shape index (κ2) is 5.98. The van der Waals surface area contributed by atoms with Gasteiger partial charge in [0.2, 0.25) is 0 Å². The molecule has 1 fully saturated rings. The summed E-state index contributed by atoms with van der Waals surface area (Å²) in [5.74, 6) is -0.129. The fraction of sp³-hybridized carbons (Fsp3) is 0.545. The van der Waals surface area contributed by atoms with Crippen molar-refractivity contribution in [3.05, 3.63) is 22.4 Å². The molecule has 5 heteroatoms. The summed E-state index contributed by atoms with van der Waals surface area (Å²) in [6.07, 6.45) is 0. The molecule has 0 bridgehead atoms. The van der Waals surface area contributed by atoms with Gasteiger partial charge in [-0.3, -0.25) is 9.69 Å². The largest absolute Gasteiger partial charge is 0.459 e. The van der Waals surface area contributed by atoms with Crippen LogP contribution >= 0.6 is 11.3 Å². The van der Waals surface area contributed by atoms with Gasteiger partial charge in [-0.05, 0) is 11.4 Å². The van der Waals surface area contributed by atoms with Gasteiger partial charge in [0.15, 0.2) is 0 Å². The topological polar surface area (TPSA) is 41.6 Å². The first-order valence-electron chi connectivity index (χ1n) is 5.45. The third-order valence-corrected chi connectivity index (χ3v) is 3.37. The highest BCUT2D eigenvalue weighted by Crippen LogP contribution is 2.09. The molecule has 0 saturated carbocycles. The normalized spacial score (nSPS) is 17.2. The number of nitrogens with zero attached hydrogens (tertiary/aromatic N) is 1. The highest BCUT2D eigenvalue weighted by Gasteiger charge is 2.14. The van der Waals surface area contributed by atoms with Crippen molar-refractivity contribution in [2.45, 2.75) is 6.61 Å². The van der Waals surface area contributed by atoms with Gasteiger partial charge in [0, 0.05) is 31.1 Å². The average Bonchev–Trinajstić information content (AvgIpc) is 2.81. The Morgan fingerprint density at radius 3 is 3.00 bits per heavy atom. The van der Waals surface area contributed by atoms with Crippen LogP contribution in [0.3, 0.4) is 0 Å². The monoisotopic (exact) mass is 240 g/mol. The molecule has 0 atom stereocenters. The van der Waals surface area contributed by atoms with Crippen LogP contribution in [0, 0.1) is 0 Å². The maximum atomic E-state index is 11.5. The summed E-state index contributed by atoms with van der Waals surface area (Å²) in [6, 6.07) is 3.94. The quantitative estimate of drug-likeness (QED) is 0.787. The molecule has 1 N–H and O–H groups in total. The van der Waals surface area contributed by atoms with Crippen molar-refractivity contribution < 1.29 is 9.53 Å². The van der Waals surface area contributed by atoms with Gasteiger partial charge in [-0.2, -0.15) is 0 Å². The smallest absolute Gasteiger partial charge is 0.320 e. The molecule has 1 aromatic heterocycles. The van der Waals surface area contributed by atoms with Gasteiger partial charge >= 0.3 is 5.97 Å². The third kappa shape index (κ3) is 3.59. The minimum atomic E-state index is -0.129. The molecule has 0 unspecified atom stereocenters. The molecule has 0 aliphatic carbocycles. The van der Waals surface area contributed by atoms with Crippen LogP contribution in [0.4, 0.5) is 0 Å². The number of carbonyl (C=O) groups is 1. The fourth-order valence-corrected chi connectivity index (χ4v) is 2.26. The van der Waals surface area contributed by atoms with Crippen molar-refractivity contribution in [2.75, 3.05) is 32.7 Å². The molecule has 1 aromatic rings. The minimum absolute atomic E-state index is 0.129. The third-order valence-electron chi connectivity index (χ3n) is 2.52. The van der Waals surface area contributed by atoms with Crippen LogP contribution in [-0.4, -0.2) is 43.6 Å². The zero-order chi connectivity index (χ0) is 11.2. The molecule has 0 spiro atoms. The van der Waals surface area contributed by atoms with E-state index < -0.39 is 0 Å². The number of ether oxygens (including phenoxy) is 1. The molecular formula is C11H16N2O2S. The average molecular weight is 240 g/mol. The summed E-state index contributed by atoms with van der Waals surface area (Å²) in [5.41, 5.74) is 0. The highest BCUT2D eigenvalue weighted by atomic mass is 32.1. The van der Waals surface area contributed by atoms with E-state index in [4.69, 9.17) is 4.74 Å². The van der Waals surface area contributed by atoms with Gasteiger partial charge in [-0.15, -0.1) is 11.3 Å². The zero-order valence-electron chi connectivity index (χ0n) is 9.15. The van der Waals surface area contributed by atoms with Crippen molar-refractivity contribution >= 4 is 17.3 Å². The first kappa shape index (κ1) is 11.6. The Labute approximate surface area is 99.2 Å². The van der Waals surface area contributed by atoms with Gasteiger partial charge in [-0.25, -0.2) is 0 Å². The van der Waals surface area contributed by atoms with Crippen LogP contribution in [0.2, 0.25) is 0 Å². The molecule has 1 aliphatic rings. The van der Waals surface area contributed by atoms with Crippen LogP contribution < -0.4 is 5.32 Å². The summed E-state index contributed by atoms with van der Waals surface area (Å²) >= 11 is 1.61. The SMILES string of the molecule is O=C(CN1CCNCC1)OCc1cccs1. The summed E-state index contributed by atoms with van der Waals surface area (Å²) in [5, 5.41) is 5.24. The van der Waals surface area contributed by atoms with Crippen LogP contribution in [0.5, 0.6) is 0 Å². The van der Waals surface area contributed by atoms with Gasteiger partial charge in [-0.1, -0.05) is 6.07 Å². The molecule has 0 radical (unpaired) electrons. The molecule has 4 nitrogen and oxygen atoms in total. The molecule has 0 aromatic carbocycles. The maximum Gasteiger partial charge on any atom is 0.320 e. The van der Waals surface area contributed by atoms with Crippen molar-refractivity contribution in [2.24, 2.45) is 0 Å². The van der Waals surface area contributed by atoms with Crippen LogP contribution in [0.15, 0.2) is 17.5 Å². The van der Waals surface area contributed by atoms with E-state index in [1.165, 1.54) is 0 Å². The summed E-state index contributed by atoms with van der Waals surface area (Å²) in [7, 11) is 0. The predicted octanol–water partition coefficient (Wildman–Crippen LogP) is 0.697. The van der Waals surface area contributed by atoms with E-state index in [2.05, 4.69) is 10.2 Å². The van der Waals surface area contributed by atoms with Gasteiger partial charge < -0.3 is 10.1 Å². The van der Waals surface area contributed by atoms with Crippen molar-refractivity contribution in [1.82, 2.24) is 10.2 Å². The Hall–Kier alpha value is -0.910. The molecule has 1 aliphatic heterocycles. The Bertz CT molecular complexity index is 321. The molecule has 2 heterocycles. The number of hydrogen-bond acceptors (Lipinski definition) is 5.